The second-order valence-corrected chi connectivity index (χ2v) is 6.40. The molecule has 146 valence electrons. The number of aromatic amines is 1. The molecule has 0 atom stereocenters. The van der Waals surface area contributed by atoms with Crippen molar-refractivity contribution in [1.29, 1.82) is 0 Å². The summed E-state index contributed by atoms with van der Waals surface area (Å²) in [6.45, 7) is 0.716. The van der Waals surface area contributed by atoms with Crippen LogP contribution in [0, 0.1) is 0 Å². The minimum atomic E-state index is -0.379. The van der Waals surface area contributed by atoms with Crippen LogP contribution < -0.4 is 10.6 Å². The second kappa shape index (κ2) is 8.39. The highest BCUT2D eigenvalue weighted by molar-refractivity contribution is 5.89. The maximum Gasteiger partial charge on any atom is 0.337 e. The SMILES string of the molecule is COC(=O)c1ccc(Nc2nncc(NCCc3c[nH]c4ccccc34)n2)cc1. The number of aromatic nitrogens is 4. The number of esters is 1. The third kappa shape index (κ3) is 4.32. The maximum atomic E-state index is 11.5. The summed E-state index contributed by atoms with van der Waals surface area (Å²) in [4.78, 5) is 19.2. The van der Waals surface area contributed by atoms with Gasteiger partial charge in [-0.1, -0.05) is 18.2 Å². The molecule has 4 rings (SSSR count). The van der Waals surface area contributed by atoms with Crippen LogP contribution in [0.25, 0.3) is 10.9 Å². The number of H-pyrrole nitrogens is 1. The van der Waals surface area contributed by atoms with Gasteiger partial charge in [-0.15, -0.1) is 5.10 Å². The van der Waals surface area contributed by atoms with Crippen LogP contribution in [0.15, 0.2) is 60.9 Å². The number of nitrogens with zero attached hydrogens (tertiary/aromatic N) is 3. The Hall–Kier alpha value is -3.94. The number of hydrogen-bond donors (Lipinski definition) is 3. The molecule has 8 heteroatoms. The molecule has 0 amide bonds. The van der Waals surface area contributed by atoms with E-state index in [0.29, 0.717) is 23.9 Å². The first-order chi connectivity index (χ1) is 14.2. The summed E-state index contributed by atoms with van der Waals surface area (Å²) in [7, 11) is 1.35. The molecule has 0 aliphatic rings. The number of para-hydroxylation sites is 1. The summed E-state index contributed by atoms with van der Waals surface area (Å²) < 4.78 is 4.69. The molecule has 29 heavy (non-hydrogen) atoms. The Bertz CT molecular complexity index is 1120. The molecular weight excluding hydrogens is 368 g/mol. The number of fused-ring (bicyclic) bond motifs is 1. The lowest BCUT2D eigenvalue weighted by atomic mass is 10.1. The van der Waals surface area contributed by atoms with Crippen molar-refractivity contribution in [2.24, 2.45) is 0 Å². The van der Waals surface area contributed by atoms with Gasteiger partial charge in [0.2, 0.25) is 5.95 Å². The fourth-order valence-electron chi connectivity index (χ4n) is 3.04. The Labute approximate surface area is 167 Å². The van der Waals surface area contributed by atoms with E-state index in [2.05, 4.69) is 42.9 Å². The summed E-state index contributed by atoms with van der Waals surface area (Å²) >= 11 is 0. The summed E-state index contributed by atoms with van der Waals surface area (Å²) in [5.74, 6) is 0.622. The van der Waals surface area contributed by atoms with Crippen LogP contribution in [0.5, 0.6) is 0 Å². The molecular formula is C21H20N6O2. The minimum absolute atomic E-state index is 0.368. The first kappa shape index (κ1) is 18.4. The average molecular weight is 388 g/mol. The van der Waals surface area contributed by atoms with Crippen molar-refractivity contribution in [1.82, 2.24) is 20.2 Å². The third-order valence-electron chi connectivity index (χ3n) is 4.50. The molecule has 4 aromatic rings. The summed E-state index contributed by atoms with van der Waals surface area (Å²) in [5, 5.41) is 15.6. The lowest BCUT2D eigenvalue weighted by Crippen LogP contribution is -2.08. The van der Waals surface area contributed by atoms with E-state index in [4.69, 9.17) is 4.74 Å². The predicted molar refractivity (Wildman–Crippen MR) is 111 cm³/mol. The van der Waals surface area contributed by atoms with Crippen LogP contribution in [0.3, 0.4) is 0 Å². The molecule has 0 aliphatic heterocycles. The Balaban J connectivity index is 1.36. The van der Waals surface area contributed by atoms with Gasteiger partial charge in [-0.2, -0.15) is 10.1 Å². The lowest BCUT2D eigenvalue weighted by molar-refractivity contribution is 0.0601. The monoisotopic (exact) mass is 388 g/mol. The number of hydrogen-bond acceptors (Lipinski definition) is 7. The number of carbonyl (C=O) groups excluding carboxylic acids is 1. The van der Waals surface area contributed by atoms with Crippen molar-refractivity contribution in [2.45, 2.75) is 6.42 Å². The van der Waals surface area contributed by atoms with Crippen molar-refractivity contribution < 1.29 is 9.53 Å². The number of nitrogens with one attached hydrogen (secondary N) is 3. The van der Waals surface area contributed by atoms with Gasteiger partial charge in [0.05, 0.1) is 18.9 Å². The van der Waals surface area contributed by atoms with Crippen molar-refractivity contribution >= 4 is 34.3 Å². The topological polar surface area (TPSA) is 105 Å². The van der Waals surface area contributed by atoms with Crippen molar-refractivity contribution in [3.05, 3.63) is 72.1 Å². The maximum absolute atomic E-state index is 11.5. The zero-order valence-corrected chi connectivity index (χ0v) is 15.8. The van der Waals surface area contributed by atoms with Gasteiger partial charge in [0.15, 0.2) is 5.82 Å². The summed E-state index contributed by atoms with van der Waals surface area (Å²) in [6.07, 6.45) is 4.47. The summed E-state index contributed by atoms with van der Waals surface area (Å²) in [6, 6.07) is 15.1. The highest BCUT2D eigenvalue weighted by Crippen LogP contribution is 2.18. The van der Waals surface area contributed by atoms with E-state index in [1.807, 2.05) is 18.3 Å². The third-order valence-corrected chi connectivity index (χ3v) is 4.50. The van der Waals surface area contributed by atoms with E-state index in [-0.39, 0.29) is 5.97 Å². The van der Waals surface area contributed by atoms with Gasteiger partial charge >= 0.3 is 5.97 Å². The first-order valence-electron chi connectivity index (χ1n) is 9.17. The normalized spacial score (nSPS) is 10.7. The van der Waals surface area contributed by atoms with Crippen LogP contribution in [0.2, 0.25) is 0 Å². The highest BCUT2D eigenvalue weighted by Gasteiger charge is 2.06. The first-order valence-corrected chi connectivity index (χ1v) is 9.17. The molecule has 0 fully saturated rings. The zero-order valence-electron chi connectivity index (χ0n) is 15.8. The molecule has 0 bridgehead atoms. The number of rotatable bonds is 7. The number of benzene rings is 2. The largest absolute Gasteiger partial charge is 0.465 e. The zero-order chi connectivity index (χ0) is 20.1. The van der Waals surface area contributed by atoms with Crippen molar-refractivity contribution in [2.75, 3.05) is 24.3 Å². The molecule has 8 nitrogen and oxygen atoms in total. The van der Waals surface area contributed by atoms with Gasteiger partial charge in [-0.05, 0) is 42.3 Å². The smallest absolute Gasteiger partial charge is 0.337 e. The Morgan fingerprint density at radius 2 is 1.97 bits per heavy atom. The molecule has 2 aromatic heterocycles. The molecule has 2 aromatic carbocycles. The van der Waals surface area contributed by atoms with E-state index >= 15 is 0 Å². The quantitative estimate of drug-likeness (QED) is 0.416. The highest BCUT2D eigenvalue weighted by atomic mass is 16.5. The standard InChI is InChI=1S/C21H20N6O2/c1-29-20(28)14-6-8-16(9-7-14)25-21-26-19(13-24-27-21)22-11-10-15-12-23-18-5-3-2-4-17(15)18/h2-9,12-13,23H,10-11H2,1H3,(H2,22,25,26,27). The second-order valence-electron chi connectivity index (χ2n) is 6.40. The van der Waals surface area contributed by atoms with E-state index in [1.54, 1.807) is 30.5 Å². The molecule has 0 spiro atoms. The van der Waals surface area contributed by atoms with Crippen LogP contribution >= 0.6 is 0 Å². The van der Waals surface area contributed by atoms with Gasteiger partial charge in [0, 0.05) is 29.3 Å². The molecule has 0 aliphatic carbocycles. The Kier molecular flexibility index (Phi) is 5.33. The number of ether oxygens (including phenoxy) is 1. The van der Waals surface area contributed by atoms with E-state index in [1.165, 1.54) is 18.1 Å². The number of anilines is 3. The van der Waals surface area contributed by atoms with Gasteiger partial charge < -0.3 is 20.4 Å². The van der Waals surface area contributed by atoms with E-state index in [0.717, 1.165) is 17.6 Å². The van der Waals surface area contributed by atoms with Crippen LogP contribution in [-0.4, -0.2) is 39.8 Å². The van der Waals surface area contributed by atoms with E-state index in [9.17, 15) is 4.79 Å². The Morgan fingerprint density at radius 1 is 1.14 bits per heavy atom. The molecule has 0 unspecified atom stereocenters. The van der Waals surface area contributed by atoms with Gasteiger partial charge in [0.1, 0.15) is 0 Å². The fraction of sp³-hybridized carbons (Fsp3) is 0.143. The fourth-order valence-corrected chi connectivity index (χ4v) is 3.04. The van der Waals surface area contributed by atoms with Crippen molar-refractivity contribution in [3.8, 4) is 0 Å². The molecule has 2 heterocycles. The van der Waals surface area contributed by atoms with Crippen LogP contribution in [0.1, 0.15) is 15.9 Å². The molecule has 0 saturated carbocycles. The lowest BCUT2D eigenvalue weighted by Gasteiger charge is -2.08. The Morgan fingerprint density at radius 3 is 2.79 bits per heavy atom. The van der Waals surface area contributed by atoms with Gasteiger partial charge in [0.25, 0.3) is 0 Å². The molecule has 0 saturated heterocycles. The van der Waals surface area contributed by atoms with Gasteiger partial charge in [-0.25, -0.2) is 4.79 Å². The van der Waals surface area contributed by atoms with Gasteiger partial charge in [-0.3, -0.25) is 0 Å². The van der Waals surface area contributed by atoms with Crippen molar-refractivity contribution in [3.63, 3.8) is 0 Å². The summed E-state index contributed by atoms with van der Waals surface area (Å²) in [5.41, 5.74) is 3.61. The average Bonchev–Trinajstić information content (AvgIpc) is 3.17. The van der Waals surface area contributed by atoms with E-state index < -0.39 is 0 Å². The predicted octanol–water partition coefficient (Wildman–Crippen LogP) is 3.54. The number of methoxy groups -OCH3 is 1. The molecule has 0 radical (unpaired) electrons. The molecule has 3 N–H and O–H groups in total. The van der Waals surface area contributed by atoms with Crippen LogP contribution in [0.4, 0.5) is 17.5 Å². The van der Waals surface area contributed by atoms with Crippen LogP contribution in [-0.2, 0) is 11.2 Å². The number of carbonyl (C=O) groups is 1. The minimum Gasteiger partial charge on any atom is -0.465 e.